The van der Waals surface area contributed by atoms with Crippen molar-refractivity contribution < 1.29 is 9.90 Å². The van der Waals surface area contributed by atoms with Crippen LogP contribution >= 0.6 is 0 Å². The van der Waals surface area contributed by atoms with Crippen molar-refractivity contribution in [3.05, 3.63) is 0 Å². The van der Waals surface area contributed by atoms with Gasteiger partial charge in [0.05, 0.1) is 12.0 Å². The molecule has 1 aliphatic rings. The third-order valence-corrected chi connectivity index (χ3v) is 2.40. The van der Waals surface area contributed by atoms with Gasteiger partial charge in [-0.1, -0.05) is 0 Å². The molecule has 0 unspecified atom stereocenters. The summed E-state index contributed by atoms with van der Waals surface area (Å²) in [6.45, 7) is 4.11. The van der Waals surface area contributed by atoms with E-state index < -0.39 is 5.60 Å². The van der Waals surface area contributed by atoms with E-state index in [1.807, 2.05) is 6.92 Å². The van der Waals surface area contributed by atoms with Gasteiger partial charge in [-0.15, -0.1) is 0 Å². The van der Waals surface area contributed by atoms with E-state index in [-0.39, 0.29) is 12.3 Å². The zero-order valence-electron chi connectivity index (χ0n) is 8.10. The molecule has 1 saturated heterocycles. The van der Waals surface area contributed by atoms with Crippen molar-refractivity contribution >= 4 is 5.91 Å². The molecule has 0 radical (unpaired) electrons. The molecule has 0 atom stereocenters. The average molecular weight is 186 g/mol. The predicted octanol–water partition coefficient (Wildman–Crippen LogP) is -0.373. The summed E-state index contributed by atoms with van der Waals surface area (Å²) in [7, 11) is 0. The van der Waals surface area contributed by atoms with Crippen LogP contribution in [0.15, 0.2) is 0 Å². The van der Waals surface area contributed by atoms with Crippen LogP contribution in [0.2, 0.25) is 0 Å². The molecule has 0 bridgehead atoms. The number of rotatable bonds is 3. The standard InChI is InChI=1S/C9H18N2O2/c1-2-11-8(12)7-9(13)3-5-10-6-4-9/h10,13H,2-7H2,1H3,(H,11,12). The molecule has 1 aliphatic heterocycles. The van der Waals surface area contributed by atoms with Gasteiger partial charge in [0.15, 0.2) is 0 Å². The summed E-state index contributed by atoms with van der Waals surface area (Å²) in [5.74, 6) is -0.0492. The van der Waals surface area contributed by atoms with Gasteiger partial charge in [0.2, 0.25) is 5.91 Å². The number of hydrogen-bond donors (Lipinski definition) is 3. The molecule has 1 heterocycles. The van der Waals surface area contributed by atoms with E-state index in [1.165, 1.54) is 0 Å². The molecule has 1 rings (SSSR count). The number of aliphatic hydroxyl groups is 1. The van der Waals surface area contributed by atoms with Crippen LogP contribution in [0.5, 0.6) is 0 Å². The fraction of sp³-hybridized carbons (Fsp3) is 0.889. The van der Waals surface area contributed by atoms with Gasteiger partial charge in [-0.25, -0.2) is 0 Å². The fourth-order valence-corrected chi connectivity index (χ4v) is 1.63. The average Bonchev–Trinajstić information content (AvgIpc) is 2.04. The molecule has 0 spiro atoms. The van der Waals surface area contributed by atoms with Crippen molar-refractivity contribution in [3.8, 4) is 0 Å². The molecular formula is C9H18N2O2. The van der Waals surface area contributed by atoms with Gasteiger partial charge in [0, 0.05) is 6.54 Å². The summed E-state index contributed by atoms with van der Waals surface area (Å²) in [4.78, 5) is 11.2. The number of piperidine rings is 1. The lowest BCUT2D eigenvalue weighted by Crippen LogP contribution is -2.45. The summed E-state index contributed by atoms with van der Waals surface area (Å²) in [6.07, 6.45) is 1.58. The number of nitrogens with one attached hydrogen (secondary N) is 2. The lowest BCUT2D eigenvalue weighted by atomic mass is 9.89. The molecule has 0 aromatic rings. The van der Waals surface area contributed by atoms with Crippen molar-refractivity contribution in [2.24, 2.45) is 0 Å². The van der Waals surface area contributed by atoms with Crippen LogP contribution in [0.25, 0.3) is 0 Å². The molecule has 0 aliphatic carbocycles. The second kappa shape index (κ2) is 4.58. The predicted molar refractivity (Wildman–Crippen MR) is 50.4 cm³/mol. The highest BCUT2D eigenvalue weighted by Gasteiger charge is 2.31. The van der Waals surface area contributed by atoms with E-state index in [4.69, 9.17) is 0 Å². The van der Waals surface area contributed by atoms with Crippen LogP contribution in [-0.2, 0) is 4.79 Å². The Morgan fingerprint density at radius 3 is 2.69 bits per heavy atom. The highest BCUT2D eigenvalue weighted by molar-refractivity contribution is 5.76. The molecule has 1 amide bonds. The Morgan fingerprint density at radius 1 is 1.54 bits per heavy atom. The number of carbonyl (C=O) groups is 1. The van der Waals surface area contributed by atoms with Crippen molar-refractivity contribution in [1.82, 2.24) is 10.6 Å². The first-order chi connectivity index (χ1) is 6.16. The SMILES string of the molecule is CCNC(=O)CC1(O)CCNCC1. The molecule has 0 aromatic heterocycles. The molecule has 1 fully saturated rings. The largest absolute Gasteiger partial charge is 0.389 e. The lowest BCUT2D eigenvalue weighted by molar-refractivity contribution is -0.127. The van der Waals surface area contributed by atoms with Crippen molar-refractivity contribution in [2.75, 3.05) is 19.6 Å². The maximum atomic E-state index is 11.2. The topological polar surface area (TPSA) is 61.4 Å². The van der Waals surface area contributed by atoms with Gasteiger partial charge >= 0.3 is 0 Å². The number of carbonyl (C=O) groups excluding carboxylic acids is 1. The van der Waals surface area contributed by atoms with Gasteiger partial charge in [-0.05, 0) is 32.9 Å². The molecule has 13 heavy (non-hydrogen) atoms. The van der Waals surface area contributed by atoms with Gasteiger partial charge in [0.1, 0.15) is 0 Å². The quantitative estimate of drug-likeness (QED) is 0.563. The first-order valence-electron chi connectivity index (χ1n) is 4.86. The van der Waals surface area contributed by atoms with Crippen molar-refractivity contribution in [3.63, 3.8) is 0 Å². The van der Waals surface area contributed by atoms with Crippen LogP contribution in [0.3, 0.4) is 0 Å². The summed E-state index contributed by atoms with van der Waals surface area (Å²) in [5.41, 5.74) is -0.773. The van der Waals surface area contributed by atoms with Gasteiger partial charge in [0.25, 0.3) is 0 Å². The summed E-state index contributed by atoms with van der Waals surface area (Å²) >= 11 is 0. The van der Waals surface area contributed by atoms with E-state index in [2.05, 4.69) is 10.6 Å². The first-order valence-corrected chi connectivity index (χ1v) is 4.86. The molecule has 0 saturated carbocycles. The Hall–Kier alpha value is -0.610. The Kier molecular flexibility index (Phi) is 3.69. The Bertz CT molecular complexity index is 176. The van der Waals surface area contributed by atoms with E-state index in [1.54, 1.807) is 0 Å². The maximum Gasteiger partial charge on any atom is 0.222 e. The smallest absolute Gasteiger partial charge is 0.222 e. The highest BCUT2D eigenvalue weighted by Crippen LogP contribution is 2.21. The molecule has 3 N–H and O–H groups in total. The van der Waals surface area contributed by atoms with Gasteiger partial charge in [-0.2, -0.15) is 0 Å². The summed E-state index contributed by atoms with van der Waals surface area (Å²) in [5, 5.41) is 15.8. The number of hydrogen-bond acceptors (Lipinski definition) is 3. The summed E-state index contributed by atoms with van der Waals surface area (Å²) < 4.78 is 0. The van der Waals surface area contributed by atoms with Crippen LogP contribution in [-0.4, -0.2) is 36.2 Å². The van der Waals surface area contributed by atoms with Crippen LogP contribution in [0.4, 0.5) is 0 Å². The van der Waals surface area contributed by atoms with Crippen molar-refractivity contribution in [2.45, 2.75) is 31.8 Å². The maximum absolute atomic E-state index is 11.2. The monoisotopic (exact) mass is 186 g/mol. The Balaban J connectivity index is 2.36. The zero-order chi connectivity index (χ0) is 9.73. The van der Waals surface area contributed by atoms with E-state index >= 15 is 0 Å². The highest BCUT2D eigenvalue weighted by atomic mass is 16.3. The van der Waals surface area contributed by atoms with Crippen LogP contribution < -0.4 is 10.6 Å². The normalized spacial score (nSPS) is 21.1. The minimum absolute atomic E-state index is 0.0492. The molecule has 0 aromatic carbocycles. The Labute approximate surface area is 78.7 Å². The Morgan fingerprint density at radius 2 is 2.15 bits per heavy atom. The summed E-state index contributed by atoms with van der Waals surface area (Å²) in [6, 6.07) is 0. The van der Waals surface area contributed by atoms with Gasteiger partial charge < -0.3 is 15.7 Å². The molecular weight excluding hydrogens is 168 g/mol. The molecule has 76 valence electrons. The van der Waals surface area contributed by atoms with E-state index in [0.717, 1.165) is 13.1 Å². The third-order valence-electron chi connectivity index (χ3n) is 2.40. The minimum Gasteiger partial charge on any atom is -0.389 e. The third kappa shape index (κ3) is 3.32. The van der Waals surface area contributed by atoms with E-state index in [9.17, 15) is 9.90 Å². The molecule has 4 nitrogen and oxygen atoms in total. The second-order valence-electron chi connectivity index (χ2n) is 3.60. The minimum atomic E-state index is -0.773. The van der Waals surface area contributed by atoms with Gasteiger partial charge in [-0.3, -0.25) is 4.79 Å². The van der Waals surface area contributed by atoms with Crippen molar-refractivity contribution in [1.29, 1.82) is 0 Å². The number of amides is 1. The van der Waals surface area contributed by atoms with Crippen LogP contribution in [0, 0.1) is 0 Å². The lowest BCUT2D eigenvalue weighted by Gasteiger charge is -2.31. The second-order valence-corrected chi connectivity index (χ2v) is 3.60. The van der Waals surface area contributed by atoms with E-state index in [0.29, 0.717) is 19.4 Å². The fourth-order valence-electron chi connectivity index (χ4n) is 1.63. The first kappa shape index (κ1) is 10.5. The van der Waals surface area contributed by atoms with Crippen LogP contribution in [0.1, 0.15) is 26.2 Å². The zero-order valence-corrected chi connectivity index (χ0v) is 8.10. The molecule has 4 heteroatoms.